The Morgan fingerprint density at radius 1 is 1.12 bits per heavy atom. The summed E-state index contributed by atoms with van der Waals surface area (Å²) in [5.41, 5.74) is 2.51. The zero-order chi connectivity index (χ0) is 19.3. The van der Waals surface area contributed by atoms with Crippen LogP contribution in [0.2, 0.25) is 10.0 Å². The minimum Gasteiger partial charge on any atom is -0.356 e. The topological polar surface area (TPSA) is 49.4 Å². The molecule has 2 aromatic rings. The molecule has 1 atom stereocenters. The van der Waals surface area contributed by atoms with E-state index in [1.165, 1.54) is 6.92 Å². The molecule has 0 fully saturated rings. The Kier molecular flexibility index (Phi) is 7.06. The average Bonchev–Trinajstić information content (AvgIpc) is 2.60. The first kappa shape index (κ1) is 20.3. The predicted octanol–water partition coefficient (Wildman–Crippen LogP) is 4.51. The van der Waals surface area contributed by atoms with Crippen molar-refractivity contribution in [2.24, 2.45) is 0 Å². The minimum atomic E-state index is -0.188. The van der Waals surface area contributed by atoms with Crippen molar-refractivity contribution in [3.63, 3.8) is 0 Å². The summed E-state index contributed by atoms with van der Waals surface area (Å²) in [7, 11) is 1.75. The van der Waals surface area contributed by atoms with E-state index in [1.807, 2.05) is 25.1 Å². The van der Waals surface area contributed by atoms with Gasteiger partial charge in [-0.3, -0.25) is 9.59 Å². The molecule has 0 bridgehead atoms. The van der Waals surface area contributed by atoms with Crippen molar-refractivity contribution in [2.75, 3.05) is 13.6 Å². The van der Waals surface area contributed by atoms with Crippen molar-refractivity contribution in [3.05, 3.63) is 69.2 Å². The summed E-state index contributed by atoms with van der Waals surface area (Å²) in [5.74, 6) is -0.134. The van der Waals surface area contributed by atoms with Crippen LogP contribution >= 0.6 is 23.2 Å². The second-order valence-corrected chi connectivity index (χ2v) is 7.03. The molecule has 2 rings (SSSR count). The van der Waals surface area contributed by atoms with E-state index in [4.69, 9.17) is 23.2 Å². The molecule has 0 radical (unpaired) electrons. The number of nitrogens with zero attached hydrogens (tertiary/aromatic N) is 1. The molecule has 0 heterocycles. The van der Waals surface area contributed by atoms with Gasteiger partial charge >= 0.3 is 0 Å². The molecule has 0 saturated heterocycles. The number of hydrogen-bond acceptors (Lipinski definition) is 2. The number of hydrogen-bond donors (Lipinski definition) is 1. The molecule has 0 aliphatic carbocycles. The Labute approximate surface area is 164 Å². The third-order valence-electron chi connectivity index (χ3n) is 4.30. The Balaban J connectivity index is 2.06. The van der Waals surface area contributed by atoms with Crippen molar-refractivity contribution < 1.29 is 9.59 Å². The van der Waals surface area contributed by atoms with E-state index >= 15 is 0 Å². The van der Waals surface area contributed by atoms with Crippen LogP contribution in [0.15, 0.2) is 42.5 Å². The van der Waals surface area contributed by atoms with Gasteiger partial charge in [-0.05, 0) is 48.7 Å². The van der Waals surface area contributed by atoms with Crippen LogP contribution in [0.4, 0.5) is 0 Å². The fourth-order valence-electron chi connectivity index (χ4n) is 2.63. The zero-order valence-corrected chi connectivity index (χ0v) is 16.6. The summed E-state index contributed by atoms with van der Waals surface area (Å²) < 4.78 is 0. The molecule has 138 valence electrons. The lowest BCUT2D eigenvalue weighted by Crippen LogP contribution is -2.29. The summed E-state index contributed by atoms with van der Waals surface area (Å²) in [5, 5.41) is 3.86. The predicted molar refractivity (Wildman–Crippen MR) is 106 cm³/mol. The average molecular weight is 393 g/mol. The van der Waals surface area contributed by atoms with E-state index in [0.29, 0.717) is 22.2 Å². The summed E-state index contributed by atoms with van der Waals surface area (Å²) in [6.07, 6.45) is 0.723. The number of nitrogens with one attached hydrogen (secondary N) is 1. The van der Waals surface area contributed by atoms with Gasteiger partial charge in [0, 0.05) is 36.1 Å². The molecule has 4 nitrogen and oxygen atoms in total. The normalized spacial score (nSPS) is 11.7. The van der Waals surface area contributed by atoms with Crippen molar-refractivity contribution in [3.8, 4) is 0 Å². The molecule has 6 heteroatoms. The number of carbonyl (C=O) groups excluding carboxylic acids is 2. The lowest BCUT2D eigenvalue weighted by molar-refractivity contribution is -0.118. The summed E-state index contributed by atoms with van der Waals surface area (Å²) in [4.78, 5) is 25.3. The zero-order valence-electron chi connectivity index (χ0n) is 15.1. The number of benzene rings is 2. The maximum absolute atomic E-state index is 12.8. The monoisotopic (exact) mass is 392 g/mol. The Hall–Kier alpha value is -2.04. The van der Waals surface area contributed by atoms with Gasteiger partial charge in [0.25, 0.3) is 5.91 Å². The molecule has 1 N–H and O–H groups in total. The summed E-state index contributed by atoms with van der Waals surface area (Å²) >= 11 is 12.2. The van der Waals surface area contributed by atoms with Gasteiger partial charge in [0.2, 0.25) is 5.91 Å². The Morgan fingerprint density at radius 2 is 1.77 bits per heavy atom. The fraction of sp³-hybridized carbons (Fsp3) is 0.300. The third kappa shape index (κ3) is 5.23. The molecule has 0 saturated carbocycles. The highest BCUT2D eigenvalue weighted by Crippen LogP contribution is 2.29. The standard InChI is InChI=1S/C20H22Cl2N2O2/c1-13(18-9-8-17(21)12-19(18)22)24(3)20(26)16-6-4-15(5-7-16)10-11-23-14(2)25/h4-9,12-13H,10-11H2,1-3H3,(H,23,25). The van der Waals surface area contributed by atoms with Crippen LogP contribution in [-0.2, 0) is 11.2 Å². The largest absolute Gasteiger partial charge is 0.356 e. The second kappa shape index (κ2) is 9.06. The molecule has 1 unspecified atom stereocenters. The van der Waals surface area contributed by atoms with Crippen LogP contribution in [0.5, 0.6) is 0 Å². The number of carbonyl (C=O) groups is 2. The quantitative estimate of drug-likeness (QED) is 0.786. The third-order valence-corrected chi connectivity index (χ3v) is 4.86. The number of amides is 2. The smallest absolute Gasteiger partial charge is 0.254 e. The first-order valence-corrected chi connectivity index (χ1v) is 9.10. The first-order chi connectivity index (χ1) is 12.3. The van der Waals surface area contributed by atoms with Gasteiger partial charge in [0.05, 0.1) is 6.04 Å². The lowest BCUT2D eigenvalue weighted by atomic mass is 10.0. The molecule has 0 aliphatic rings. The van der Waals surface area contributed by atoms with E-state index in [1.54, 1.807) is 36.2 Å². The fourth-order valence-corrected chi connectivity index (χ4v) is 3.19. The molecule has 2 aromatic carbocycles. The second-order valence-electron chi connectivity index (χ2n) is 6.19. The number of halogens is 2. The Bertz CT molecular complexity index is 791. The highest BCUT2D eigenvalue weighted by atomic mass is 35.5. The maximum Gasteiger partial charge on any atom is 0.254 e. The minimum absolute atomic E-state index is 0.0479. The van der Waals surface area contributed by atoms with Crippen LogP contribution in [0.1, 0.15) is 41.4 Å². The van der Waals surface area contributed by atoms with Crippen molar-refractivity contribution in [2.45, 2.75) is 26.3 Å². The van der Waals surface area contributed by atoms with Crippen LogP contribution in [0.25, 0.3) is 0 Å². The van der Waals surface area contributed by atoms with E-state index < -0.39 is 0 Å². The molecule has 0 aromatic heterocycles. The van der Waals surface area contributed by atoms with Gasteiger partial charge in [-0.2, -0.15) is 0 Å². The van der Waals surface area contributed by atoms with Gasteiger partial charge in [-0.1, -0.05) is 41.4 Å². The summed E-state index contributed by atoms with van der Waals surface area (Å²) in [6.45, 7) is 4.00. The molecular weight excluding hydrogens is 371 g/mol. The van der Waals surface area contributed by atoms with Crippen LogP contribution < -0.4 is 5.32 Å². The van der Waals surface area contributed by atoms with E-state index in [0.717, 1.165) is 17.5 Å². The molecule has 0 spiro atoms. The lowest BCUT2D eigenvalue weighted by Gasteiger charge is -2.26. The highest BCUT2D eigenvalue weighted by molar-refractivity contribution is 6.35. The molecule has 2 amide bonds. The maximum atomic E-state index is 12.8. The van der Waals surface area contributed by atoms with E-state index in [2.05, 4.69) is 5.32 Å². The Morgan fingerprint density at radius 3 is 2.35 bits per heavy atom. The van der Waals surface area contributed by atoms with Crippen LogP contribution in [0.3, 0.4) is 0 Å². The van der Waals surface area contributed by atoms with Crippen molar-refractivity contribution >= 4 is 35.0 Å². The van der Waals surface area contributed by atoms with Gasteiger partial charge in [-0.25, -0.2) is 0 Å². The summed E-state index contributed by atoms with van der Waals surface area (Å²) in [6, 6.07) is 12.5. The highest BCUT2D eigenvalue weighted by Gasteiger charge is 2.20. The van der Waals surface area contributed by atoms with Crippen molar-refractivity contribution in [1.29, 1.82) is 0 Å². The van der Waals surface area contributed by atoms with Gasteiger partial charge < -0.3 is 10.2 Å². The van der Waals surface area contributed by atoms with Gasteiger partial charge in [0.15, 0.2) is 0 Å². The first-order valence-electron chi connectivity index (χ1n) is 8.35. The van der Waals surface area contributed by atoms with E-state index in [-0.39, 0.29) is 17.9 Å². The van der Waals surface area contributed by atoms with Gasteiger partial charge in [0.1, 0.15) is 0 Å². The van der Waals surface area contributed by atoms with Gasteiger partial charge in [-0.15, -0.1) is 0 Å². The van der Waals surface area contributed by atoms with Crippen LogP contribution in [-0.4, -0.2) is 30.3 Å². The molecule has 0 aliphatic heterocycles. The number of rotatable bonds is 6. The van der Waals surface area contributed by atoms with Crippen LogP contribution in [0, 0.1) is 0 Å². The molecular formula is C20H22Cl2N2O2. The van der Waals surface area contributed by atoms with E-state index in [9.17, 15) is 9.59 Å². The SMILES string of the molecule is CC(=O)NCCc1ccc(C(=O)N(C)C(C)c2ccc(Cl)cc2Cl)cc1. The molecule has 26 heavy (non-hydrogen) atoms. The van der Waals surface area contributed by atoms with Crippen molar-refractivity contribution in [1.82, 2.24) is 10.2 Å².